The lowest BCUT2D eigenvalue weighted by Crippen LogP contribution is -2.19. The topological polar surface area (TPSA) is 54.4 Å². The smallest absolute Gasteiger partial charge is 0.175 e. The SMILES string of the molecule is CC(C)(O)CCc1ccc(S(C)(=O)=O)cc1. The summed E-state index contributed by atoms with van der Waals surface area (Å²) in [5.41, 5.74) is 0.352. The zero-order valence-electron chi connectivity index (χ0n) is 9.90. The van der Waals surface area contributed by atoms with Crippen molar-refractivity contribution in [3.05, 3.63) is 29.8 Å². The maximum absolute atomic E-state index is 11.2. The lowest BCUT2D eigenvalue weighted by Gasteiger charge is -2.16. The van der Waals surface area contributed by atoms with Crippen LogP contribution < -0.4 is 0 Å². The van der Waals surface area contributed by atoms with E-state index in [9.17, 15) is 13.5 Å². The molecule has 0 radical (unpaired) electrons. The highest BCUT2D eigenvalue weighted by atomic mass is 32.2. The molecule has 3 nitrogen and oxygen atoms in total. The van der Waals surface area contributed by atoms with E-state index in [1.54, 1.807) is 38.1 Å². The molecule has 0 aromatic heterocycles. The van der Waals surface area contributed by atoms with Gasteiger partial charge in [-0.25, -0.2) is 8.42 Å². The molecule has 0 saturated carbocycles. The molecule has 0 heterocycles. The number of hydrogen-bond donors (Lipinski definition) is 1. The average molecular weight is 242 g/mol. The van der Waals surface area contributed by atoms with Gasteiger partial charge in [0.2, 0.25) is 0 Å². The number of rotatable bonds is 4. The number of benzene rings is 1. The molecule has 1 aromatic carbocycles. The third-order valence-corrected chi connectivity index (χ3v) is 3.51. The Hall–Kier alpha value is -0.870. The van der Waals surface area contributed by atoms with Crippen LogP contribution in [0.15, 0.2) is 29.2 Å². The Morgan fingerprint density at radius 2 is 1.69 bits per heavy atom. The number of hydrogen-bond acceptors (Lipinski definition) is 3. The Kier molecular flexibility index (Phi) is 3.76. The van der Waals surface area contributed by atoms with Crippen LogP contribution in [0.4, 0.5) is 0 Å². The Morgan fingerprint density at radius 3 is 2.06 bits per heavy atom. The molecule has 1 N–H and O–H groups in total. The van der Waals surface area contributed by atoms with Crippen molar-refractivity contribution in [1.29, 1.82) is 0 Å². The molecule has 1 aromatic rings. The van der Waals surface area contributed by atoms with Crippen LogP contribution in [0, 0.1) is 0 Å². The van der Waals surface area contributed by atoms with Gasteiger partial charge in [0, 0.05) is 6.26 Å². The van der Waals surface area contributed by atoms with E-state index in [0.29, 0.717) is 11.3 Å². The summed E-state index contributed by atoms with van der Waals surface area (Å²) >= 11 is 0. The van der Waals surface area contributed by atoms with Crippen molar-refractivity contribution in [3.63, 3.8) is 0 Å². The molecule has 16 heavy (non-hydrogen) atoms. The van der Waals surface area contributed by atoms with Gasteiger partial charge in [-0.15, -0.1) is 0 Å². The molecule has 0 fully saturated rings. The fraction of sp³-hybridized carbons (Fsp3) is 0.500. The van der Waals surface area contributed by atoms with Gasteiger partial charge in [0.1, 0.15) is 0 Å². The summed E-state index contributed by atoms with van der Waals surface area (Å²) in [6.45, 7) is 3.52. The van der Waals surface area contributed by atoms with Crippen LogP contribution in [-0.4, -0.2) is 25.4 Å². The van der Waals surface area contributed by atoms with Gasteiger partial charge in [0.25, 0.3) is 0 Å². The molecule has 90 valence electrons. The molecular formula is C12H18O3S. The van der Waals surface area contributed by atoms with Crippen molar-refractivity contribution in [1.82, 2.24) is 0 Å². The van der Waals surface area contributed by atoms with Crippen LogP contribution in [-0.2, 0) is 16.3 Å². The third-order valence-electron chi connectivity index (χ3n) is 2.38. The van der Waals surface area contributed by atoms with Gasteiger partial charge in [-0.2, -0.15) is 0 Å². The maximum atomic E-state index is 11.2. The van der Waals surface area contributed by atoms with Crippen molar-refractivity contribution < 1.29 is 13.5 Å². The summed E-state index contributed by atoms with van der Waals surface area (Å²) in [5.74, 6) is 0. The van der Waals surface area contributed by atoms with Crippen LogP contribution in [0.3, 0.4) is 0 Å². The van der Waals surface area contributed by atoms with Crippen LogP contribution in [0.1, 0.15) is 25.8 Å². The zero-order chi connectivity index (χ0) is 12.4. The van der Waals surface area contributed by atoms with Crippen molar-refractivity contribution in [2.24, 2.45) is 0 Å². The monoisotopic (exact) mass is 242 g/mol. The normalized spacial score (nSPS) is 12.8. The van der Waals surface area contributed by atoms with E-state index in [1.165, 1.54) is 6.26 Å². The second-order valence-corrected chi connectivity index (χ2v) is 6.74. The Balaban J connectivity index is 2.73. The van der Waals surface area contributed by atoms with Crippen molar-refractivity contribution >= 4 is 9.84 Å². The molecule has 0 atom stereocenters. The standard InChI is InChI=1S/C12H18O3S/c1-12(2,13)9-8-10-4-6-11(7-5-10)16(3,14)15/h4-7,13H,8-9H2,1-3H3. The van der Waals surface area contributed by atoms with E-state index in [2.05, 4.69) is 0 Å². The highest BCUT2D eigenvalue weighted by Gasteiger charge is 2.12. The van der Waals surface area contributed by atoms with E-state index in [4.69, 9.17) is 0 Å². The van der Waals surface area contributed by atoms with Crippen molar-refractivity contribution in [3.8, 4) is 0 Å². The second-order valence-electron chi connectivity index (χ2n) is 4.73. The first-order valence-electron chi connectivity index (χ1n) is 5.20. The molecule has 0 aliphatic carbocycles. The highest BCUT2D eigenvalue weighted by Crippen LogP contribution is 2.15. The summed E-state index contributed by atoms with van der Waals surface area (Å²) in [6.07, 6.45) is 2.59. The lowest BCUT2D eigenvalue weighted by molar-refractivity contribution is 0.0714. The van der Waals surface area contributed by atoms with Crippen molar-refractivity contribution in [2.45, 2.75) is 37.2 Å². The van der Waals surface area contributed by atoms with Gasteiger partial charge in [-0.1, -0.05) is 12.1 Å². The van der Waals surface area contributed by atoms with E-state index in [1.807, 2.05) is 0 Å². The Bertz CT molecular complexity index is 438. The van der Waals surface area contributed by atoms with E-state index in [-0.39, 0.29) is 0 Å². The minimum atomic E-state index is -3.11. The summed E-state index contributed by atoms with van der Waals surface area (Å²) in [5, 5.41) is 9.57. The molecular weight excluding hydrogens is 224 g/mol. The molecule has 0 aliphatic rings. The molecule has 4 heteroatoms. The quantitative estimate of drug-likeness (QED) is 0.875. The van der Waals surface area contributed by atoms with Gasteiger partial charge < -0.3 is 5.11 Å². The van der Waals surface area contributed by atoms with Gasteiger partial charge in [0.15, 0.2) is 9.84 Å². The second kappa shape index (κ2) is 4.55. The first-order chi connectivity index (χ1) is 7.18. The summed E-state index contributed by atoms with van der Waals surface area (Å²) in [7, 11) is -3.11. The van der Waals surface area contributed by atoms with Crippen LogP contribution >= 0.6 is 0 Å². The van der Waals surface area contributed by atoms with Gasteiger partial charge in [-0.05, 0) is 44.4 Å². The minimum Gasteiger partial charge on any atom is -0.390 e. The van der Waals surface area contributed by atoms with Crippen LogP contribution in [0.5, 0.6) is 0 Å². The molecule has 0 amide bonds. The molecule has 0 unspecified atom stereocenters. The molecule has 0 spiro atoms. The lowest BCUT2D eigenvalue weighted by atomic mass is 9.99. The van der Waals surface area contributed by atoms with Crippen LogP contribution in [0.25, 0.3) is 0 Å². The molecule has 0 bridgehead atoms. The van der Waals surface area contributed by atoms with Gasteiger partial charge in [0.05, 0.1) is 10.5 Å². The molecule has 1 rings (SSSR count). The Morgan fingerprint density at radius 1 is 1.19 bits per heavy atom. The van der Waals surface area contributed by atoms with E-state index in [0.717, 1.165) is 12.0 Å². The average Bonchev–Trinajstić information content (AvgIpc) is 2.13. The highest BCUT2D eigenvalue weighted by molar-refractivity contribution is 7.90. The minimum absolute atomic E-state index is 0.333. The fourth-order valence-corrected chi connectivity index (χ4v) is 1.98. The predicted octanol–water partition coefficient (Wildman–Crippen LogP) is 1.79. The summed E-state index contributed by atoms with van der Waals surface area (Å²) in [4.78, 5) is 0.333. The zero-order valence-corrected chi connectivity index (χ0v) is 10.7. The Labute approximate surface area is 97.0 Å². The number of aryl methyl sites for hydroxylation is 1. The largest absolute Gasteiger partial charge is 0.390 e. The predicted molar refractivity (Wildman–Crippen MR) is 64.2 cm³/mol. The fourth-order valence-electron chi connectivity index (χ4n) is 1.35. The van der Waals surface area contributed by atoms with Crippen LogP contribution in [0.2, 0.25) is 0 Å². The number of sulfone groups is 1. The van der Waals surface area contributed by atoms with E-state index >= 15 is 0 Å². The summed E-state index contributed by atoms with van der Waals surface area (Å²) < 4.78 is 22.4. The van der Waals surface area contributed by atoms with E-state index < -0.39 is 15.4 Å². The van der Waals surface area contributed by atoms with Gasteiger partial charge in [-0.3, -0.25) is 0 Å². The maximum Gasteiger partial charge on any atom is 0.175 e. The summed E-state index contributed by atoms with van der Waals surface area (Å²) in [6, 6.07) is 6.80. The molecule has 0 aliphatic heterocycles. The first-order valence-corrected chi connectivity index (χ1v) is 7.09. The molecule has 0 saturated heterocycles. The number of aliphatic hydroxyl groups is 1. The van der Waals surface area contributed by atoms with Crippen molar-refractivity contribution in [2.75, 3.05) is 6.26 Å². The third kappa shape index (κ3) is 4.33. The first kappa shape index (κ1) is 13.2. The van der Waals surface area contributed by atoms with Gasteiger partial charge >= 0.3 is 0 Å².